The number of aliphatic carboxylic acids is 1. The standard InChI is InChI=1S/C20H22ClNO5/c1-4-27-20(19(23)24)11-14(12-5-7-13(21)8-6-12)22-18-16(26-3)10-9-15(25-2)17(18)20/h5-10,14,22H,4,11H2,1-3H3,(H,23,24). The van der Waals surface area contributed by atoms with Gasteiger partial charge in [-0.3, -0.25) is 0 Å². The Labute approximate surface area is 163 Å². The summed E-state index contributed by atoms with van der Waals surface area (Å²) in [7, 11) is 3.05. The van der Waals surface area contributed by atoms with Gasteiger partial charge in [0.15, 0.2) is 5.60 Å². The van der Waals surface area contributed by atoms with Crippen LogP contribution in [0.15, 0.2) is 36.4 Å². The summed E-state index contributed by atoms with van der Waals surface area (Å²) < 4.78 is 16.8. The van der Waals surface area contributed by atoms with Crippen molar-refractivity contribution < 1.29 is 24.1 Å². The van der Waals surface area contributed by atoms with E-state index in [0.717, 1.165) is 5.56 Å². The van der Waals surface area contributed by atoms with E-state index in [2.05, 4.69) is 5.32 Å². The zero-order valence-corrected chi connectivity index (χ0v) is 16.2. The second-order valence-corrected chi connectivity index (χ2v) is 6.67. The number of nitrogens with one attached hydrogen (secondary N) is 1. The first-order valence-corrected chi connectivity index (χ1v) is 8.99. The van der Waals surface area contributed by atoms with E-state index < -0.39 is 11.6 Å². The molecule has 1 heterocycles. The second kappa shape index (κ2) is 7.66. The average molecular weight is 392 g/mol. The molecule has 144 valence electrons. The number of halogens is 1. The summed E-state index contributed by atoms with van der Waals surface area (Å²) in [6, 6.07) is 10.4. The van der Waals surface area contributed by atoms with E-state index in [1.165, 1.54) is 7.11 Å². The van der Waals surface area contributed by atoms with Crippen LogP contribution in [0.1, 0.15) is 30.5 Å². The summed E-state index contributed by atoms with van der Waals surface area (Å²) in [5.74, 6) is -0.115. The van der Waals surface area contributed by atoms with Gasteiger partial charge in [0.2, 0.25) is 0 Å². The lowest BCUT2D eigenvalue weighted by atomic mass is 9.79. The molecule has 3 rings (SSSR count). The number of fused-ring (bicyclic) bond motifs is 1. The smallest absolute Gasteiger partial charge is 0.341 e. The summed E-state index contributed by atoms with van der Waals surface area (Å²) in [5, 5.41) is 14.2. The molecule has 1 aliphatic rings. The highest BCUT2D eigenvalue weighted by Crippen LogP contribution is 2.52. The van der Waals surface area contributed by atoms with Gasteiger partial charge >= 0.3 is 5.97 Å². The van der Waals surface area contributed by atoms with Gasteiger partial charge in [-0.15, -0.1) is 0 Å². The normalized spacial score (nSPS) is 21.1. The van der Waals surface area contributed by atoms with Crippen LogP contribution in [0, 0.1) is 0 Å². The summed E-state index contributed by atoms with van der Waals surface area (Å²) in [5.41, 5.74) is 0.322. The fourth-order valence-corrected chi connectivity index (χ4v) is 3.72. The van der Waals surface area contributed by atoms with E-state index in [4.69, 9.17) is 25.8 Å². The van der Waals surface area contributed by atoms with E-state index in [-0.39, 0.29) is 19.1 Å². The van der Waals surface area contributed by atoms with Crippen LogP contribution in [0.5, 0.6) is 11.5 Å². The molecule has 0 saturated heterocycles. The van der Waals surface area contributed by atoms with Crippen molar-refractivity contribution in [2.24, 2.45) is 0 Å². The number of hydrogen-bond donors (Lipinski definition) is 2. The highest BCUT2D eigenvalue weighted by Gasteiger charge is 2.51. The van der Waals surface area contributed by atoms with Crippen molar-refractivity contribution in [3.05, 3.63) is 52.5 Å². The Morgan fingerprint density at radius 1 is 1.19 bits per heavy atom. The molecule has 0 fully saturated rings. The van der Waals surface area contributed by atoms with E-state index in [0.29, 0.717) is 27.8 Å². The zero-order valence-electron chi connectivity index (χ0n) is 15.4. The van der Waals surface area contributed by atoms with Crippen molar-refractivity contribution in [3.63, 3.8) is 0 Å². The highest BCUT2D eigenvalue weighted by atomic mass is 35.5. The molecule has 0 aliphatic carbocycles. The lowest BCUT2D eigenvalue weighted by Crippen LogP contribution is -2.45. The molecule has 0 saturated carbocycles. The zero-order chi connectivity index (χ0) is 19.6. The fourth-order valence-electron chi connectivity index (χ4n) is 3.59. The largest absolute Gasteiger partial charge is 0.496 e. The topological polar surface area (TPSA) is 77.0 Å². The third kappa shape index (κ3) is 3.31. The Hall–Kier alpha value is -2.44. The SMILES string of the molecule is CCOC1(C(=O)O)CC(c2ccc(Cl)cc2)Nc2c(OC)ccc(OC)c21. The van der Waals surface area contributed by atoms with Crippen LogP contribution >= 0.6 is 11.6 Å². The average Bonchev–Trinajstić information content (AvgIpc) is 2.67. The highest BCUT2D eigenvalue weighted by molar-refractivity contribution is 6.30. The lowest BCUT2D eigenvalue weighted by Gasteiger charge is -2.41. The van der Waals surface area contributed by atoms with E-state index in [1.54, 1.807) is 38.3 Å². The van der Waals surface area contributed by atoms with Crippen molar-refractivity contribution in [2.45, 2.75) is 25.0 Å². The van der Waals surface area contributed by atoms with E-state index >= 15 is 0 Å². The van der Waals surface area contributed by atoms with Crippen LogP contribution in [-0.4, -0.2) is 31.9 Å². The number of methoxy groups -OCH3 is 2. The third-order valence-electron chi connectivity index (χ3n) is 4.79. The third-order valence-corrected chi connectivity index (χ3v) is 5.04. The molecule has 0 spiro atoms. The van der Waals surface area contributed by atoms with Crippen LogP contribution in [-0.2, 0) is 15.1 Å². The summed E-state index contributed by atoms with van der Waals surface area (Å²) in [6.07, 6.45) is 0.189. The predicted octanol–water partition coefficient (Wildman–Crippen LogP) is 4.23. The second-order valence-electron chi connectivity index (χ2n) is 6.24. The number of carbonyl (C=O) groups is 1. The molecule has 27 heavy (non-hydrogen) atoms. The quantitative estimate of drug-likeness (QED) is 0.767. The summed E-state index contributed by atoms with van der Waals surface area (Å²) in [6.45, 7) is 2.01. The van der Waals surface area contributed by atoms with Gasteiger partial charge in [0.25, 0.3) is 0 Å². The van der Waals surface area contributed by atoms with Crippen molar-refractivity contribution in [1.29, 1.82) is 0 Å². The fraction of sp³-hybridized carbons (Fsp3) is 0.350. The molecule has 0 aromatic heterocycles. The van der Waals surface area contributed by atoms with Gasteiger partial charge in [0.1, 0.15) is 11.5 Å². The van der Waals surface area contributed by atoms with Crippen LogP contribution in [0.2, 0.25) is 5.02 Å². The van der Waals surface area contributed by atoms with Crippen LogP contribution in [0.3, 0.4) is 0 Å². The van der Waals surface area contributed by atoms with Crippen molar-refractivity contribution in [2.75, 3.05) is 26.1 Å². The van der Waals surface area contributed by atoms with Gasteiger partial charge in [-0.25, -0.2) is 4.79 Å². The maximum absolute atomic E-state index is 12.5. The minimum Gasteiger partial charge on any atom is -0.496 e. The molecule has 2 atom stereocenters. The van der Waals surface area contributed by atoms with Crippen LogP contribution in [0.4, 0.5) is 5.69 Å². The van der Waals surface area contributed by atoms with Gasteiger partial charge in [0, 0.05) is 18.1 Å². The van der Waals surface area contributed by atoms with Gasteiger partial charge in [-0.1, -0.05) is 23.7 Å². The van der Waals surface area contributed by atoms with Gasteiger partial charge in [-0.05, 0) is 36.8 Å². The molecule has 7 heteroatoms. The number of carboxylic acids is 1. The first kappa shape index (κ1) is 19.3. The number of carboxylic acid groups (broad SMARTS) is 1. The number of ether oxygens (including phenoxy) is 3. The number of anilines is 1. The van der Waals surface area contributed by atoms with Crippen molar-refractivity contribution in [1.82, 2.24) is 0 Å². The molecule has 2 unspecified atom stereocenters. The summed E-state index contributed by atoms with van der Waals surface area (Å²) in [4.78, 5) is 12.5. The first-order chi connectivity index (χ1) is 13.0. The molecular weight excluding hydrogens is 370 g/mol. The first-order valence-electron chi connectivity index (χ1n) is 8.61. The molecule has 2 N–H and O–H groups in total. The van der Waals surface area contributed by atoms with Crippen LogP contribution in [0.25, 0.3) is 0 Å². The van der Waals surface area contributed by atoms with E-state index in [1.807, 2.05) is 12.1 Å². The van der Waals surface area contributed by atoms with Crippen molar-refractivity contribution >= 4 is 23.3 Å². The Morgan fingerprint density at radius 3 is 2.37 bits per heavy atom. The van der Waals surface area contributed by atoms with Crippen molar-refractivity contribution in [3.8, 4) is 11.5 Å². The Kier molecular flexibility index (Phi) is 5.48. The monoisotopic (exact) mass is 391 g/mol. The van der Waals surface area contributed by atoms with Gasteiger partial charge in [0.05, 0.1) is 31.5 Å². The van der Waals surface area contributed by atoms with Gasteiger partial charge < -0.3 is 24.6 Å². The molecule has 0 amide bonds. The van der Waals surface area contributed by atoms with Gasteiger partial charge in [-0.2, -0.15) is 0 Å². The summed E-state index contributed by atoms with van der Waals surface area (Å²) >= 11 is 6.00. The Balaban J connectivity index is 2.24. The molecule has 0 bridgehead atoms. The van der Waals surface area contributed by atoms with E-state index in [9.17, 15) is 9.90 Å². The molecule has 2 aromatic carbocycles. The molecule has 1 aliphatic heterocycles. The predicted molar refractivity (Wildman–Crippen MR) is 103 cm³/mol. The molecule has 6 nitrogen and oxygen atoms in total. The molecular formula is C20H22ClNO5. The Morgan fingerprint density at radius 2 is 1.81 bits per heavy atom. The van der Waals surface area contributed by atoms with Crippen LogP contribution < -0.4 is 14.8 Å². The molecule has 0 radical (unpaired) electrons. The Bertz CT molecular complexity index is 839. The maximum Gasteiger partial charge on any atom is 0.341 e. The maximum atomic E-state index is 12.5. The lowest BCUT2D eigenvalue weighted by molar-refractivity contribution is -0.169. The minimum atomic E-state index is -1.57. The number of rotatable bonds is 6. The number of benzene rings is 2. The minimum absolute atomic E-state index is 0.189. The number of hydrogen-bond acceptors (Lipinski definition) is 5. The molecule has 2 aromatic rings.